The minimum Gasteiger partial charge on any atom is -0.326 e. The van der Waals surface area contributed by atoms with Crippen LogP contribution in [0.15, 0.2) is 24.3 Å². The number of aryl methyl sites for hydroxylation is 1. The van der Waals surface area contributed by atoms with E-state index in [0.717, 1.165) is 5.56 Å². The van der Waals surface area contributed by atoms with E-state index in [0.29, 0.717) is 18.5 Å². The van der Waals surface area contributed by atoms with Gasteiger partial charge in [0.15, 0.2) is 5.78 Å². The Bertz CT molecular complexity index is 477. The van der Waals surface area contributed by atoms with E-state index in [9.17, 15) is 9.59 Å². The van der Waals surface area contributed by atoms with Crippen LogP contribution in [0, 0.1) is 6.92 Å². The van der Waals surface area contributed by atoms with E-state index in [1.165, 1.54) is 0 Å². The highest BCUT2D eigenvalue weighted by atomic mass is 16.2. The Kier molecular flexibility index (Phi) is 2.77. The van der Waals surface area contributed by atoms with Gasteiger partial charge in [-0.25, -0.2) is 0 Å². The first kappa shape index (κ1) is 11.8. The van der Waals surface area contributed by atoms with E-state index in [1.807, 2.05) is 45.0 Å². The van der Waals surface area contributed by atoms with Crippen LogP contribution in [0.5, 0.6) is 0 Å². The largest absolute Gasteiger partial charge is 0.326 e. The maximum atomic E-state index is 12.4. The molecule has 3 heteroatoms. The normalized spacial score (nSPS) is 18.5. The number of likely N-dealkylation sites (tertiary alicyclic amines) is 1. The van der Waals surface area contributed by atoms with Gasteiger partial charge in [-0.1, -0.05) is 18.2 Å². The average molecular weight is 231 g/mol. The number of nitrogens with zero attached hydrogens (tertiary/aromatic N) is 1. The van der Waals surface area contributed by atoms with Gasteiger partial charge >= 0.3 is 0 Å². The molecule has 17 heavy (non-hydrogen) atoms. The van der Waals surface area contributed by atoms with Crippen molar-refractivity contribution >= 4 is 11.7 Å². The maximum Gasteiger partial charge on any atom is 0.254 e. The third-order valence-corrected chi connectivity index (χ3v) is 3.54. The first-order chi connectivity index (χ1) is 7.94. The molecule has 0 radical (unpaired) electrons. The second-order valence-electron chi connectivity index (χ2n) is 5.00. The summed E-state index contributed by atoms with van der Waals surface area (Å²) in [7, 11) is 0. The highest BCUT2D eigenvalue weighted by molar-refractivity contribution is 6.02. The fraction of sp³-hybridized carbons (Fsp3) is 0.429. The molecule has 1 aromatic carbocycles. The minimum absolute atomic E-state index is 0.0426. The SMILES string of the molecule is Cc1ccccc1C(=O)N1CCC(=O)C1(C)C. The van der Waals surface area contributed by atoms with Crippen LogP contribution in [0.1, 0.15) is 36.2 Å². The standard InChI is InChI=1S/C14H17NO2/c1-10-6-4-5-7-11(10)13(17)15-9-8-12(16)14(15,2)3/h4-7H,8-9H2,1-3H3. The molecule has 0 N–H and O–H groups in total. The molecule has 0 saturated carbocycles. The van der Waals surface area contributed by atoms with Crippen molar-refractivity contribution in [2.24, 2.45) is 0 Å². The van der Waals surface area contributed by atoms with Crippen molar-refractivity contribution in [3.63, 3.8) is 0 Å². The van der Waals surface area contributed by atoms with Gasteiger partial charge in [0.25, 0.3) is 5.91 Å². The zero-order valence-electron chi connectivity index (χ0n) is 10.5. The van der Waals surface area contributed by atoms with Crippen molar-refractivity contribution in [3.8, 4) is 0 Å². The fourth-order valence-corrected chi connectivity index (χ4v) is 2.26. The Morgan fingerprint density at radius 1 is 1.29 bits per heavy atom. The van der Waals surface area contributed by atoms with Gasteiger partial charge in [0, 0.05) is 18.5 Å². The van der Waals surface area contributed by atoms with Gasteiger partial charge in [0.2, 0.25) is 0 Å². The van der Waals surface area contributed by atoms with Gasteiger partial charge in [-0.3, -0.25) is 9.59 Å². The Morgan fingerprint density at radius 3 is 2.47 bits per heavy atom. The summed E-state index contributed by atoms with van der Waals surface area (Å²) in [6, 6.07) is 7.49. The monoisotopic (exact) mass is 231 g/mol. The van der Waals surface area contributed by atoms with Crippen molar-refractivity contribution in [1.82, 2.24) is 4.90 Å². The Balaban J connectivity index is 2.34. The van der Waals surface area contributed by atoms with Gasteiger partial charge in [-0.05, 0) is 32.4 Å². The summed E-state index contributed by atoms with van der Waals surface area (Å²) in [5, 5.41) is 0. The van der Waals surface area contributed by atoms with Crippen LogP contribution in [0.3, 0.4) is 0 Å². The second-order valence-corrected chi connectivity index (χ2v) is 5.00. The molecule has 1 fully saturated rings. The summed E-state index contributed by atoms with van der Waals surface area (Å²) >= 11 is 0. The van der Waals surface area contributed by atoms with Crippen LogP contribution in [0.4, 0.5) is 0 Å². The van der Waals surface area contributed by atoms with Crippen molar-refractivity contribution in [1.29, 1.82) is 0 Å². The molecule has 1 aliphatic rings. The Morgan fingerprint density at radius 2 is 1.94 bits per heavy atom. The fourth-order valence-electron chi connectivity index (χ4n) is 2.26. The summed E-state index contributed by atoms with van der Waals surface area (Å²) in [4.78, 5) is 25.8. The number of carbonyl (C=O) groups excluding carboxylic acids is 2. The van der Waals surface area contributed by atoms with Crippen molar-refractivity contribution in [2.75, 3.05) is 6.54 Å². The number of benzene rings is 1. The molecule has 3 nitrogen and oxygen atoms in total. The summed E-state index contributed by atoms with van der Waals surface area (Å²) in [5.41, 5.74) is 0.974. The quantitative estimate of drug-likeness (QED) is 0.743. The van der Waals surface area contributed by atoms with Gasteiger partial charge in [0.05, 0.1) is 5.54 Å². The third-order valence-electron chi connectivity index (χ3n) is 3.54. The van der Waals surface area contributed by atoms with E-state index >= 15 is 0 Å². The van der Waals surface area contributed by atoms with E-state index in [-0.39, 0.29) is 11.7 Å². The first-order valence-electron chi connectivity index (χ1n) is 5.85. The lowest BCUT2D eigenvalue weighted by atomic mass is 9.99. The molecule has 0 unspecified atom stereocenters. The van der Waals surface area contributed by atoms with Crippen LogP contribution in [-0.4, -0.2) is 28.7 Å². The number of amides is 1. The van der Waals surface area contributed by atoms with E-state index in [1.54, 1.807) is 4.90 Å². The molecule has 1 aromatic rings. The summed E-state index contributed by atoms with van der Waals surface area (Å²) in [5.74, 6) is 0.0957. The molecule has 1 aliphatic heterocycles. The third kappa shape index (κ3) is 1.86. The van der Waals surface area contributed by atoms with Gasteiger partial charge < -0.3 is 4.90 Å². The molecule has 0 spiro atoms. The summed E-state index contributed by atoms with van der Waals surface area (Å²) in [6.45, 7) is 6.08. The predicted molar refractivity (Wildman–Crippen MR) is 65.9 cm³/mol. The number of ketones is 1. The van der Waals surface area contributed by atoms with E-state index in [2.05, 4.69) is 0 Å². The molecule has 0 atom stereocenters. The van der Waals surface area contributed by atoms with Crippen molar-refractivity contribution in [2.45, 2.75) is 32.7 Å². The van der Waals surface area contributed by atoms with Gasteiger partial charge in [-0.2, -0.15) is 0 Å². The molecule has 90 valence electrons. The lowest BCUT2D eigenvalue weighted by Crippen LogP contribution is -2.46. The van der Waals surface area contributed by atoms with Gasteiger partial charge in [0.1, 0.15) is 0 Å². The van der Waals surface area contributed by atoms with Crippen molar-refractivity contribution in [3.05, 3.63) is 35.4 Å². The molecular formula is C14H17NO2. The lowest BCUT2D eigenvalue weighted by Gasteiger charge is -2.30. The smallest absolute Gasteiger partial charge is 0.254 e. The van der Waals surface area contributed by atoms with E-state index < -0.39 is 5.54 Å². The topological polar surface area (TPSA) is 37.4 Å². The van der Waals surface area contributed by atoms with Gasteiger partial charge in [-0.15, -0.1) is 0 Å². The molecule has 0 aromatic heterocycles. The van der Waals surface area contributed by atoms with E-state index in [4.69, 9.17) is 0 Å². The Labute approximate surface area is 101 Å². The van der Waals surface area contributed by atoms with Crippen LogP contribution >= 0.6 is 0 Å². The molecule has 0 bridgehead atoms. The summed E-state index contributed by atoms with van der Waals surface area (Å²) < 4.78 is 0. The highest BCUT2D eigenvalue weighted by Crippen LogP contribution is 2.27. The number of carbonyl (C=O) groups is 2. The zero-order chi connectivity index (χ0) is 12.6. The van der Waals surface area contributed by atoms with Crippen molar-refractivity contribution < 1.29 is 9.59 Å². The molecule has 0 aliphatic carbocycles. The first-order valence-corrected chi connectivity index (χ1v) is 5.85. The Hall–Kier alpha value is -1.64. The van der Waals surface area contributed by atoms with Crippen LogP contribution < -0.4 is 0 Å². The molecule has 1 amide bonds. The summed E-state index contributed by atoms with van der Waals surface area (Å²) in [6.07, 6.45) is 0.463. The van der Waals surface area contributed by atoms with Crippen LogP contribution in [0.2, 0.25) is 0 Å². The minimum atomic E-state index is -0.667. The lowest BCUT2D eigenvalue weighted by molar-refractivity contribution is -0.123. The maximum absolute atomic E-state index is 12.4. The molecule has 1 heterocycles. The predicted octanol–water partition coefficient (Wildman–Crippen LogP) is 2.19. The highest BCUT2D eigenvalue weighted by Gasteiger charge is 2.43. The average Bonchev–Trinajstić information content (AvgIpc) is 2.54. The second kappa shape index (κ2) is 3.99. The molecule has 2 rings (SSSR count). The number of Topliss-reactive ketones (excluding diaryl/α,β-unsaturated/α-hetero) is 1. The number of rotatable bonds is 1. The van der Waals surface area contributed by atoms with Crippen LogP contribution in [0.25, 0.3) is 0 Å². The number of hydrogen-bond acceptors (Lipinski definition) is 2. The molecule has 1 saturated heterocycles. The number of hydrogen-bond donors (Lipinski definition) is 0. The zero-order valence-corrected chi connectivity index (χ0v) is 10.5. The van der Waals surface area contributed by atoms with Crippen LogP contribution in [-0.2, 0) is 4.79 Å². The molecular weight excluding hydrogens is 214 g/mol.